The van der Waals surface area contributed by atoms with Crippen molar-refractivity contribution in [2.24, 2.45) is 11.8 Å². The molecular weight excluding hydrogens is 238 g/mol. The van der Waals surface area contributed by atoms with E-state index in [1.807, 2.05) is 20.8 Å². The van der Waals surface area contributed by atoms with Crippen molar-refractivity contribution < 1.29 is 13.5 Å². The third-order valence-corrected chi connectivity index (χ3v) is 5.17. The zero-order valence-electron chi connectivity index (χ0n) is 11.3. The Morgan fingerprint density at radius 2 is 2.06 bits per heavy atom. The molecule has 4 nitrogen and oxygen atoms in total. The zero-order chi connectivity index (χ0) is 13.3. The maximum Gasteiger partial charge on any atom is 0.211 e. The SMILES string of the molecule is CC(C)C(C)(O)CC1CCCN(S(C)(=O)=O)C1. The van der Waals surface area contributed by atoms with E-state index in [4.69, 9.17) is 0 Å². The molecule has 1 aliphatic rings. The average molecular weight is 263 g/mol. The van der Waals surface area contributed by atoms with E-state index in [0.717, 1.165) is 12.8 Å². The summed E-state index contributed by atoms with van der Waals surface area (Å²) in [5.41, 5.74) is -0.703. The molecule has 0 saturated carbocycles. The van der Waals surface area contributed by atoms with Crippen LogP contribution in [0.2, 0.25) is 0 Å². The molecule has 17 heavy (non-hydrogen) atoms. The highest BCUT2D eigenvalue weighted by molar-refractivity contribution is 7.88. The van der Waals surface area contributed by atoms with Crippen LogP contribution in [0.4, 0.5) is 0 Å². The minimum atomic E-state index is -3.08. The zero-order valence-corrected chi connectivity index (χ0v) is 12.1. The third-order valence-electron chi connectivity index (χ3n) is 3.90. The van der Waals surface area contributed by atoms with Crippen LogP contribution in [0.1, 0.15) is 40.0 Å². The van der Waals surface area contributed by atoms with Gasteiger partial charge in [-0.15, -0.1) is 0 Å². The smallest absolute Gasteiger partial charge is 0.211 e. The van der Waals surface area contributed by atoms with E-state index < -0.39 is 15.6 Å². The Morgan fingerprint density at radius 1 is 1.47 bits per heavy atom. The number of hydrogen-bond acceptors (Lipinski definition) is 3. The molecule has 2 atom stereocenters. The summed E-state index contributed by atoms with van der Waals surface area (Å²) < 4.78 is 24.5. The lowest BCUT2D eigenvalue weighted by Crippen LogP contribution is -2.43. The van der Waals surface area contributed by atoms with Gasteiger partial charge in [-0.25, -0.2) is 12.7 Å². The first-order chi connectivity index (χ1) is 7.63. The number of nitrogens with zero attached hydrogens (tertiary/aromatic N) is 1. The van der Waals surface area contributed by atoms with Gasteiger partial charge in [-0.1, -0.05) is 13.8 Å². The molecule has 0 radical (unpaired) electrons. The van der Waals surface area contributed by atoms with Gasteiger partial charge in [-0.3, -0.25) is 0 Å². The Labute approximate surface area is 105 Å². The standard InChI is InChI=1S/C12H25NO3S/c1-10(2)12(3,14)8-11-6-5-7-13(9-11)17(4,15)16/h10-11,14H,5-9H2,1-4H3. The van der Waals surface area contributed by atoms with Crippen molar-refractivity contribution in [2.45, 2.75) is 45.6 Å². The van der Waals surface area contributed by atoms with Gasteiger partial charge in [0.05, 0.1) is 11.9 Å². The molecule has 5 heteroatoms. The molecule has 1 N–H and O–H groups in total. The average Bonchev–Trinajstić information content (AvgIpc) is 2.15. The first-order valence-corrected chi connectivity index (χ1v) is 8.15. The van der Waals surface area contributed by atoms with Gasteiger partial charge in [0.2, 0.25) is 10.0 Å². The first-order valence-electron chi connectivity index (χ1n) is 6.30. The van der Waals surface area contributed by atoms with E-state index in [0.29, 0.717) is 19.5 Å². The molecule has 0 aliphatic carbocycles. The summed E-state index contributed by atoms with van der Waals surface area (Å²) in [7, 11) is -3.08. The molecule has 0 spiro atoms. The highest BCUT2D eigenvalue weighted by Gasteiger charge is 2.33. The van der Waals surface area contributed by atoms with E-state index in [-0.39, 0.29) is 11.8 Å². The lowest BCUT2D eigenvalue weighted by atomic mass is 9.81. The minimum Gasteiger partial charge on any atom is -0.390 e. The molecule has 0 aromatic heterocycles. The summed E-state index contributed by atoms with van der Waals surface area (Å²) in [4.78, 5) is 0. The van der Waals surface area contributed by atoms with Crippen LogP contribution in [-0.2, 0) is 10.0 Å². The van der Waals surface area contributed by atoms with Gasteiger partial charge in [0.25, 0.3) is 0 Å². The predicted octanol–water partition coefficient (Wildman–Crippen LogP) is 1.46. The first kappa shape index (κ1) is 14.9. The Kier molecular flexibility index (Phi) is 4.60. The van der Waals surface area contributed by atoms with E-state index in [1.54, 1.807) is 0 Å². The maximum absolute atomic E-state index is 11.5. The molecule has 0 aromatic rings. The Balaban J connectivity index is 2.62. The highest BCUT2D eigenvalue weighted by Crippen LogP contribution is 2.30. The highest BCUT2D eigenvalue weighted by atomic mass is 32.2. The van der Waals surface area contributed by atoms with Gasteiger partial charge in [0.1, 0.15) is 0 Å². The second-order valence-electron chi connectivity index (χ2n) is 5.85. The summed E-state index contributed by atoms with van der Waals surface area (Å²) in [6, 6.07) is 0. The van der Waals surface area contributed by atoms with Crippen molar-refractivity contribution in [3.05, 3.63) is 0 Å². The fraction of sp³-hybridized carbons (Fsp3) is 1.00. The van der Waals surface area contributed by atoms with Gasteiger partial charge in [0.15, 0.2) is 0 Å². The molecule has 1 rings (SSSR count). The lowest BCUT2D eigenvalue weighted by Gasteiger charge is -2.36. The number of sulfonamides is 1. The van der Waals surface area contributed by atoms with Gasteiger partial charge in [0, 0.05) is 13.1 Å². The number of piperidine rings is 1. The van der Waals surface area contributed by atoms with Crippen LogP contribution < -0.4 is 0 Å². The van der Waals surface area contributed by atoms with Crippen molar-refractivity contribution in [1.82, 2.24) is 4.31 Å². The second-order valence-corrected chi connectivity index (χ2v) is 7.83. The fourth-order valence-electron chi connectivity index (χ4n) is 2.31. The Hall–Kier alpha value is -0.130. The molecule has 1 aliphatic heterocycles. The number of rotatable bonds is 4. The van der Waals surface area contributed by atoms with E-state index in [9.17, 15) is 13.5 Å². The van der Waals surface area contributed by atoms with Crippen LogP contribution in [-0.4, -0.2) is 42.8 Å². The second kappa shape index (κ2) is 5.24. The summed E-state index contributed by atoms with van der Waals surface area (Å²) in [6.07, 6.45) is 3.84. The van der Waals surface area contributed by atoms with E-state index in [2.05, 4.69) is 0 Å². The summed E-state index contributed by atoms with van der Waals surface area (Å²) >= 11 is 0. The lowest BCUT2D eigenvalue weighted by molar-refractivity contribution is -0.0154. The summed E-state index contributed by atoms with van der Waals surface area (Å²) in [5, 5.41) is 10.3. The Bertz CT molecular complexity index is 349. The molecular formula is C12H25NO3S. The van der Waals surface area contributed by atoms with Crippen LogP contribution >= 0.6 is 0 Å². The van der Waals surface area contributed by atoms with Crippen molar-refractivity contribution in [1.29, 1.82) is 0 Å². The minimum absolute atomic E-state index is 0.191. The topological polar surface area (TPSA) is 57.6 Å². The molecule has 1 heterocycles. The normalized spacial score (nSPS) is 27.1. The van der Waals surface area contributed by atoms with Gasteiger partial charge >= 0.3 is 0 Å². The monoisotopic (exact) mass is 263 g/mol. The summed E-state index contributed by atoms with van der Waals surface area (Å²) in [5.74, 6) is 0.465. The van der Waals surface area contributed by atoms with Crippen LogP contribution in [0.15, 0.2) is 0 Å². The Morgan fingerprint density at radius 3 is 2.53 bits per heavy atom. The van der Waals surface area contributed by atoms with Crippen molar-refractivity contribution >= 4 is 10.0 Å². The molecule has 102 valence electrons. The van der Waals surface area contributed by atoms with Crippen LogP contribution in [0, 0.1) is 11.8 Å². The van der Waals surface area contributed by atoms with Crippen molar-refractivity contribution in [2.75, 3.05) is 19.3 Å². The predicted molar refractivity (Wildman–Crippen MR) is 69.2 cm³/mol. The largest absolute Gasteiger partial charge is 0.390 e. The molecule has 1 fully saturated rings. The van der Waals surface area contributed by atoms with E-state index in [1.165, 1.54) is 10.6 Å². The van der Waals surface area contributed by atoms with Crippen LogP contribution in [0.25, 0.3) is 0 Å². The molecule has 0 amide bonds. The fourth-order valence-corrected chi connectivity index (χ4v) is 3.26. The molecule has 2 unspecified atom stereocenters. The number of aliphatic hydroxyl groups is 1. The maximum atomic E-state index is 11.5. The van der Waals surface area contributed by atoms with Crippen LogP contribution in [0.3, 0.4) is 0 Å². The van der Waals surface area contributed by atoms with Gasteiger partial charge in [-0.05, 0) is 38.0 Å². The molecule has 0 aromatic carbocycles. The quantitative estimate of drug-likeness (QED) is 0.835. The van der Waals surface area contributed by atoms with Crippen LogP contribution in [0.5, 0.6) is 0 Å². The van der Waals surface area contributed by atoms with Gasteiger partial charge < -0.3 is 5.11 Å². The molecule has 1 saturated heterocycles. The van der Waals surface area contributed by atoms with Gasteiger partial charge in [-0.2, -0.15) is 0 Å². The third kappa shape index (κ3) is 4.23. The van der Waals surface area contributed by atoms with Crippen molar-refractivity contribution in [3.63, 3.8) is 0 Å². The number of hydrogen-bond donors (Lipinski definition) is 1. The summed E-state index contributed by atoms with van der Waals surface area (Å²) in [6.45, 7) is 7.02. The molecule has 0 bridgehead atoms. The van der Waals surface area contributed by atoms with Crippen molar-refractivity contribution in [3.8, 4) is 0 Å². The van der Waals surface area contributed by atoms with E-state index >= 15 is 0 Å².